The fourth-order valence-electron chi connectivity index (χ4n) is 1.24. The molecule has 0 saturated heterocycles. The minimum Gasteiger partial charge on any atom is -0.428 e. The number of rotatable bonds is 5. The van der Waals surface area contributed by atoms with Gasteiger partial charge in [-0.2, -0.15) is 5.26 Å². The summed E-state index contributed by atoms with van der Waals surface area (Å²) in [5, 5.41) is 8.12. The van der Waals surface area contributed by atoms with Crippen molar-refractivity contribution in [3.8, 4) is 0 Å². The predicted molar refractivity (Wildman–Crippen MR) is 53.0 cm³/mol. The molecule has 1 unspecified atom stereocenters. The second-order valence-corrected chi connectivity index (χ2v) is 4.08. The molecule has 0 aliphatic heterocycles. The van der Waals surface area contributed by atoms with Gasteiger partial charge in [0.05, 0.1) is 0 Å². The Bertz CT molecular complexity index is 177. The summed E-state index contributed by atoms with van der Waals surface area (Å²) in [5.74, 6) is 0. The number of hydrogen-bond donors (Lipinski definition) is 1. The van der Waals surface area contributed by atoms with E-state index in [1.807, 2.05) is 27.7 Å². The van der Waals surface area contributed by atoms with Crippen LogP contribution in [-0.2, 0) is 9.62 Å². The molecule has 0 fully saturated rings. The molecule has 1 atom stereocenters. The van der Waals surface area contributed by atoms with Crippen LogP contribution in [0.1, 0.15) is 47.0 Å². The summed E-state index contributed by atoms with van der Waals surface area (Å²) in [6.07, 6.45) is 1.36. The molecule has 84 valence electrons. The highest BCUT2D eigenvalue weighted by molar-refractivity contribution is 5.59. The molecule has 14 heavy (non-hydrogen) atoms. The summed E-state index contributed by atoms with van der Waals surface area (Å²) < 4.78 is 4.98. The lowest BCUT2D eigenvalue weighted by atomic mass is 9.82. The van der Waals surface area contributed by atoms with Crippen LogP contribution in [-0.4, -0.2) is 17.5 Å². The quantitative estimate of drug-likeness (QED) is 0.424. The predicted octanol–water partition coefficient (Wildman–Crippen LogP) is 3.22. The molecular weight excluding hydrogens is 184 g/mol. The van der Waals surface area contributed by atoms with E-state index in [1.165, 1.54) is 0 Å². The molecule has 0 spiro atoms. The Balaban J connectivity index is 4.35. The van der Waals surface area contributed by atoms with E-state index in [2.05, 4.69) is 4.89 Å². The number of carbonyl (C=O) groups excluding carboxylic acids is 1. The second kappa shape index (κ2) is 5.86. The molecule has 0 aliphatic carbocycles. The van der Waals surface area contributed by atoms with Crippen LogP contribution in [0.5, 0.6) is 0 Å². The first-order valence-electron chi connectivity index (χ1n) is 5.00. The third-order valence-electron chi connectivity index (χ3n) is 2.65. The van der Waals surface area contributed by atoms with Crippen molar-refractivity contribution in [3.05, 3.63) is 0 Å². The van der Waals surface area contributed by atoms with Crippen molar-refractivity contribution in [1.82, 2.24) is 0 Å². The molecule has 0 amide bonds. The van der Waals surface area contributed by atoms with Crippen LogP contribution in [0, 0.1) is 5.41 Å². The summed E-state index contributed by atoms with van der Waals surface area (Å²) >= 11 is 0. The van der Waals surface area contributed by atoms with Gasteiger partial charge in [0.2, 0.25) is 0 Å². The molecule has 0 rings (SSSR count). The lowest BCUT2D eigenvalue weighted by molar-refractivity contribution is -0.210. The average Bonchev–Trinajstić information content (AvgIpc) is 2.17. The topological polar surface area (TPSA) is 55.8 Å². The van der Waals surface area contributed by atoms with Crippen molar-refractivity contribution < 1.29 is 19.7 Å². The van der Waals surface area contributed by atoms with E-state index in [0.29, 0.717) is 0 Å². The maximum atomic E-state index is 10.8. The lowest BCUT2D eigenvalue weighted by Gasteiger charge is -2.31. The maximum absolute atomic E-state index is 10.8. The van der Waals surface area contributed by atoms with Gasteiger partial charge < -0.3 is 4.74 Å². The highest BCUT2D eigenvalue weighted by atomic mass is 17.1. The van der Waals surface area contributed by atoms with Crippen molar-refractivity contribution in [2.45, 2.75) is 53.1 Å². The number of hydrogen-bond acceptors (Lipinski definition) is 4. The fourth-order valence-corrected chi connectivity index (χ4v) is 1.24. The first-order valence-corrected chi connectivity index (χ1v) is 5.00. The van der Waals surface area contributed by atoms with Gasteiger partial charge in [0.15, 0.2) is 0 Å². The number of ether oxygens (including phenoxy) is 1. The van der Waals surface area contributed by atoms with Gasteiger partial charge in [-0.15, -0.1) is 0 Å². The van der Waals surface area contributed by atoms with Crippen molar-refractivity contribution >= 4 is 6.16 Å². The van der Waals surface area contributed by atoms with Crippen molar-refractivity contribution in [1.29, 1.82) is 0 Å². The van der Waals surface area contributed by atoms with Crippen molar-refractivity contribution in [3.63, 3.8) is 0 Å². The van der Waals surface area contributed by atoms with Crippen LogP contribution in [0.25, 0.3) is 0 Å². The summed E-state index contributed by atoms with van der Waals surface area (Å²) in [5.41, 5.74) is -0.0931. The highest BCUT2D eigenvalue weighted by Gasteiger charge is 2.30. The molecule has 0 aromatic carbocycles. The van der Waals surface area contributed by atoms with Crippen LogP contribution in [0.2, 0.25) is 0 Å². The minimum absolute atomic E-state index is 0.0931. The molecule has 0 radical (unpaired) electrons. The first-order chi connectivity index (χ1) is 6.47. The van der Waals surface area contributed by atoms with Gasteiger partial charge >= 0.3 is 6.16 Å². The zero-order valence-corrected chi connectivity index (χ0v) is 9.37. The van der Waals surface area contributed by atoms with Crippen LogP contribution in [0.15, 0.2) is 0 Å². The van der Waals surface area contributed by atoms with E-state index in [-0.39, 0.29) is 11.5 Å². The highest BCUT2D eigenvalue weighted by Crippen LogP contribution is 2.30. The van der Waals surface area contributed by atoms with Crippen LogP contribution < -0.4 is 0 Å². The van der Waals surface area contributed by atoms with E-state index in [1.54, 1.807) is 0 Å². The van der Waals surface area contributed by atoms with Gasteiger partial charge in [-0.05, 0) is 12.8 Å². The third kappa shape index (κ3) is 3.96. The summed E-state index contributed by atoms with van der Waals surface area (Å²) in [6.45, 7) is 8.11. The van der Waals surface area contributed by atoms with E-state index in [0.717, 1.165) is 19.3 Å². The Kier molecular flexibility index (Phi) is 5.53. The van der Waals surface area contributed by atoms with Crippen LogP contribution >= 0.6 is 0 Å². The normalized spacial score (nSPS) is 13.5. The van der Waals surface area contributed by atoms with E-state index < -0.39 is 6.16 Å². The molecule has 0 bridgehead atoms. The first kappa shape index (κ1) is 13.2. The summed E-state index contributed by atoms with van der Waals surface area (Å²) in [4.78, 5) is 14.3. The zero-order valence-electron chi connectivity index (χ0n) is 9.37. The number of carbonyl (C=O) groups is 1. The monoisotopic (exact) mass is 204 g/mol. The SMILES string of the molecule is CCCC(OC(=O)OO)C(C)(C)CC. The Labute approximate surface area is 85.1 Å². The molecular formula is C10H20O4. The van der Waals surface area contributed by atoms with Gasteiger partial charge in [-0.1, -0.05) is 34.1 Å². The second-order valence-electron chi connectivity index (χ2n) is 4.08. The minimum atomic E-state index is -1.02. The Morgan fingerprint density at radius 1 is 1.43 bits per heavy atom. The summed E-state index contributed by atoms with van der Waals surface area (Å²) in [6, 6.07) is 0. The Hall–Kier alpha value is -0.770. The van der Waals surface area contributed by atoms with Crippen molar-refractivity contribution in [2.24, 2.45) is 5.41 Å². The largest absolute Gasteiger partial charge is 0.540 e. The van der Waals surface area contributed by atoms with Gasteiger partial charge in [-0.3, -0.25) is 4.89 Å². The molecule has 0 saturated carbocycles. The smallest absolute Gasteiger partial charge is 0.428 e. The zero-order chi connectivity index (χ0) is 11.2. The Morgan fingerprint density at radius 3 is 2.36 bits per heavy atom. The average molecular weight is 204 g/mol. The standard InChI is InChI=1S/C10H20O4/c1-5-7-8(10(3,4)6-2)13-9(11)14-12/h8,12H,5-7H2,1-4H3. The van der Waals surface area contributed by atoms with Crippen molar-refractivity contribution in [2.75, 3.05) is 0 Å². The molecule has 0 aromatic heterocycles. The Morgan fingerprint density at radius 2 is 2.00 bits per heavy atom. The van der Waals surface area contributed by atoms with E-state index in [9.17, 15) is 4.79 Å². The fraction of sp³-hybridized carbons (Fsp3) is 0.900. The lowest BCUT2D eigenvalue weighted by Crippen LogP contribution is -2.33. The maximum Gasteiger partial charge on any atom is 0.540 e. The van der Waals surface area contributed by atoms with Crippen LogP contribution in [0.4, 0.5) is 4.79 Å². The van der Waals surface area contributed by atoms with Gasteiger partial charge in [0.25, 0.3) is 0 Å². The van der Waals surface area contributed by atoms with Crippen LogP contribution in [0.3, 0.4) is 0 Å². The molecule has 1 N–H and O–H groups in total. The third-order valence-corrected chi connectivity index (χ3v) is 2.65. The molecule has 0 heterocycles. The van der Waals surface area contributed by atoms with Gasteiger partial charge in [0, 0.05) is 5.41 Å². The summed E-state index contributed by atoms with van der Waals surface area (Å²) in [7, 11) is 0. The van der Waals surface area contributed by atoms with Gasteiger partial charge in [0.1, 0.15) is 6.10 Å². The molecule has 0 aromatic rings. The van der Waals surface area contributed by atoms with E-state index >= 15 is 0 Å². The molecule has 4 heteroatoms. The molecule has 4 nitrogen and oxygen atoms in total. The van der Waals surface area contributed by atoms with E-state index in [4.69, 9.17) is 9.99 Å². The molecule has 0 aliphatic rings. The van der Waals surface area contributed by atoms with Gasteiger partial charge in [-0.25, -0.2) is 4.79 Å².